The molecule has 5 aromatic heterocycles. The molecule has 6 heteroatoms. The number of nitrogens with zero attached hydrogens (tertiary/aromatic N) is 6. The molecule has 0 unspecified atom stereocenters. The monoisotopic (exact) mass is 1120 g/mol. The lowest BCUT2D eigenvalue weighted by molar-refractivity contribution is 1.16. The van der Waals surface area contributed by atoms with Crippen molar-refractivity contribution in [2.24, 2.45) is 0 Å². The van der Waals surface area contributed by atoms with E-state index in [1.807, 2.05) is 6.07 Å². The Morgan fingerprint density at radius 3 is 0.795 bits per heavy atom. The highest BCUT2D eigenvalue weighted by atomic mass is 15.0. The predicted molar refractivity (Wildman–Crippen MR) is 367 cm³/mol. The zero-order valence-corrected chi connectivity index (χ0v) is 47.7. The number of rotatable bonds is 9. The van der Waals surface area contributed by atoms with E-state index >= 15 is 0 Å². The number of benzene rings is 13. The van der Waals surface area contributed by atoms with Crippen LogP contribution in [0.1, 0.15) is 0 Å². The van der Waals surface area contributed by atoms with E-state index in [2.05, 4.69) is 328 Å². The van der Waals surface area contributed by atoms with Gasteiger partial charge in [-0.1, -0.05) is 188 Å². The molecule has 410 valence electrons. The van der Waals surface area contributed by atoms with E-state index in [1.54, 1.807) is 0 Å². The first-order valence-electron chi connectivity index (χ1n) is 30.0. The Hall–Kier alpha value is -11.9. The van der Waals surface area contributed by atoms with Gasteiger partial charge < -0.3 is 18.3 Å². The minimum absolute atomic E-state index is 0.670. The van der Waals surface area contributed by atoms with Crippen molar-refractivity contribution >= 4 is 87.2 Å². The largest absolute Gasteiger partial charge is 0.309 e. The van der Waals surface area contributed by atoms with Gasteiger partial charge in [0.25, 0.3) is 0 Å². The fraction of sp³-hybridized carbons (Fsp3) is 0. The molecular formula is C82H52N6. The van der Waals surface area contributed by atoms with Crippen molar-refractivity contribution in [1.82, 2.24) is 28.2 Å². The van der Waals surface area contributed by atoms with Crippen molar-refractivity contribution < 1.29 is 0 Å². The number of hydrogen-bond donors (Lipinski definition) is 0. The lowest BCUT2D eigenvalue weighted by atomic mass is 10.0. The first kappa shape index (κ1) is 49.6. The maximum Gasteiger partial charge on any atom is 0.160 e. The first-order valence-corrected chi connectivity index (χ1v) is 30.0. The van der Waals surface area contributed by atoms with Gasteiger partial charge >= 0.3 is 0 Å². The predicted octanol–water partition coefficient (Wildman–Crippen LogP) is 21.2. The number of aromatic nitrogens is 6. The third-order valence-electron chi connectivity index (χ3n) is 17.9. The molecule has 18 rings (SSSR count). The summed E-state index contributed by atoms with van der Waals surface area (Å²) in [6.07, 6.45) is 0. The van der Waals surface area contributed by atoms with E-state index in [-0.39, 0.29) is 0 Å². The van der Waals surface area contributed by atoms with Gasteiger partial charge in [-0.25, -0.2) is 9.97 Å². The molecule has 0 spiro atoms. The van der Waals surface area contributed by atoms with Crippen LogP contribution in [-0.4, -0.2) is 28.2 Å². The van der Waals surface area contributed by atoms with Crippen LogP contribution in [0, 0.1) is 0 Å². The average Bonchev–Trinajstić information content (AvgIpc) is 2.08. The molecule has 0 aliphatic rings. The molecule has 0 bridgehead atoms. The summed E-state index contributed by atoms with van der Waals surface area (Å²) in [6.45, 7) is 0. The molecule has 0 amide bonds. The van der Waals surface area contributed by atoms with E-state index in [9.17, 15) is 0 Å². The van der Waals surface area contributed by atoms with Crippen LogP contribution in [0.2, 0.25) is 0 Å². The van der Waals surface area contributed by atoms with Crippen molar-refractivity contribution in [3.8, 4) is 78.9 Å². The van der Waals surface area contributed by atoms with Crippen LogP contribution in [0.5, 0.6) is 0 Å². The molecule has 0 aliphatic carbocycles. The molecule has 0 saturated heterocycles. The van der Waals surface area contributed by atoms with Crippen molar-refractivity contribution in [3.05, 3.63) is 315 Å². The van der Waals surface area contributed by atoms with Gasteiger partial charge in [0, 0.05) is 82.5 Å². The molecule has 6 nitrogen and oxygen atoms in total. The minimum Gasteiger partial charge on any atom is -0.309 e. The van der Waals surface area contributed by atoms with Crippen molar-refractivity contribution in [1.29, 1.82) is 0 Å². The smallest absolute Gasteiger partial charge is 0.160 e. The highest BCUT2D eigenvalue weighted by Crippen LogP contribution is 2.42. The number of hydrogen-bond acceptors (Lipinski definition) is 2. The van der Waals surface area contributed by atoms with Gasteiger partial charge in [0.15, 0.2) is 5.82 Å². The highest BCUT2D eigenvalue weighted by Gasteiger charge is 2.21. The van der Waals surface area contributed by atoms with Gasteiger partial charge in [0.05, 0.1) is 55.5 Å². The van der Waals surface area contributed by atoms with Gasteiger partial charge in [-0.15, -0.1) is 0 Å². The summed E-state index contributed by atoms with van der Waals surface area (Å²) in [6, 6.07) is 114. The van der Waals surface area contributed by atoms with E-state index in [0.717, 1.165) is 72.9 Å². The Balaban J connectivity index is 0.725. The van der Waals surface area contributed by atoms with Crippen molar-refractivity contribution in [2.75, 3.05) is 0 Å². The van der Waals surface area contributed by atoms with Gasteiger partial charge in [-0.2, -0.15) is 0 Å². The summed E-state index contributed by atoms with van der Waals surface area (Å²) in [7, 11) is 0. The molecule has 18 aromatic rings. The maximum atomic E-state index is 5.36. The lowest BCUT2D eigenvalue weighted by Gasteiger charge is -2.13. The SMILES string of the molecule is c1ccc(-c2nc(-c3cccc(-n4c5ccccc5c5cc(-c6ccc7c(c6)c6ccccc6n7-c6ccccc6)ccc54)c3)cc(-c3cccc(-n4c5ccccc5c5cc(-c6ccc7c(c6)c6ccccc6n7-c6ccccc6)ccc54)c3)n2)cc1. The Kier molecular flexibility index (Phi) is 11.2. The molecule has 0 fully saturated rings. The molecule has 0 N–H and O–H groups in total. The van der Waals surface area contributed by atoms with Crippen LogP contribution in [0.4, 0.5) is 0 Å². The summed E-state index contributed by atoms with van der Waals surface area (Å²) in [5.41, 5.74) is 23.1. The van der Waals surface area contributed by atoms with Gasteiger partial charge in [-0.05, 0) is 150 Å². The zero-order chi connectivity index (χ0) is 57.8. The molecule has 0 aliphatic heterocycles. The second kappa shape index (κ2) is 19.9. The second-order valence-electron chi connectivity index (χ2n) is 22.9. The summed E-state index contributed by atoms with van der Waals surface area (Å²) in [5, 5.41) is 9.76. The van der Waals surface area contributed by atoms with Gasteiger partial charge in [-0.3, -0.25) is 0 Å². The fourth-order valence-electron chi connectivity index (χ4n) is 13.9. The van der Waals surface area contributed by atoms with Crippen LogP contribution < -0.4 is 0 Å². The highest BCUT2D eigenvalue weighted by molar-refractivity contribution is 6.15. The van der Waals surface area contributed by atoms with Crippen LogP contribution in [0.25, 0.3) is 166 Å². The average molecular weight is 1120 g/mol. The number of fused-ring (bicyclic) bond motifs is 12. The van der Waals surface area contributed by atoms with Crippen molar-refractivity contribution in [2.45, 2.75) is 0 Å². The standard InChI is InChI=1S/C82H52N6/c1-4-20-53(21-5-1)82-83-72(58-22-18-28-62(46-58)87-76-36-16-12-32-66(76)70-50-56(40-44-80(70)87)54-38-42-78-68(48-54)64-30-10-14-34-74(64)85(78)60-24-6-2-7-25-60)52-73(84-82)59-23-19-29-63(47-59)88-77-37-17-13-33-67(77)71-51-57(41-45-81(71)88)55-39-43-79-69(49-55)65-31-11-15-35-75(65)86(79)61-26-8-3-9-27-61/h1-52H. The van der Waals surface area contributed by atoms with Crippen LogP contribution in [0.15, 0.2) is 315 Å². The van der Waals surface area contributed by atoms with E-state index < -0.39 is 0 Å². The molecule has 0 saturated carbocycles. The maximum absolute atomic E-state index is 5.36. The Morgan fingerprint density at radius 1 is 0.170 bits per heavy atom. The molecular weight excluding hydrogens is 1070 g/mol. The van der Waals surface area contributed by atoms with E-state index in [4.69, 9.17) is 9.97 Å². The Bertz CT molecular complexity index is 5470. The van der Waals surface area contributed by atoms with Gasteiger partial charge in [0.2, 0.25) is 0 Å². The Labute approximate surface area is 507 Å². The number of para-hydroxylation sites is 6. The molecule has 88 heavy (non-hydrogen) atoms. The third-order valence-corrected chi connectivity index (χ3v) is 17.9. The topological polar surface area (TPSA) is 45.5 Å². The lowest BCUT2D eigenvalue weighted by Crippen LogP contribution is -1.99. The first-order chi connectivity index (χ1) is 43.6. The second-order valence-corrected chi connectivity index (χ2v) is 22.9. The molecule has 5 heterocycles. The summed E-state index contributed by atoms with van der Waals surface area (Å²) < 4.78 is 9.55. The quantitative estimate of drug-likeness (QED) is 0.145. The summed E-state index contributed by atoms with van der Waals surface area (Å²) in [4.78, 5) is 10.7. The van der Waals surface area contributed by atoms with Crippen LogP contribution in [0.3, 0.4) is 0 Å². The van der Waals surface area contributed by atoms with Gasteiger partial charge in [0.1, 0.15) is 0 Å². The van der Waals surface area contributed by atoms with E-state index in [0.29, 0.717) is 5.82 Å². The molecule has 0 atom stereocenters. The molecule has 0 radical (unpaired) electrons. The van der Waals surface area contributed by atoms with Crippen molar-refractivity contribution in [3.63, 3.8) is 0 Å². The zero-order valence-electron chi connectivity index (χ0n) is 47.7. The van der Waals surface area contributed by atoms with Crippen LogP contribution in [-0.2, 0) is 0 Å². The third kappa shape index (κ3) is 7.89. The summed E-state index contributed by atoms with van der Waals surface area (Å²) >= 11 is 0. The minimum atomic E-state index is 0.670. The van der Waals surface area contributed by atoms with Crippen LogP contribution >= 0.6 is 0 Å². The fourth-order valence-corrected chi connectivity index (χ4v) is 13.9. The van der Waals surface area contributed by atoms with E-state index in [1.165, 1.54) is 87.4 Å². The summed E-state index contributed by atoms with van der Waals surface area (Å²) in [5.74, 6) is 0.670. The normalized spacial score (nSPS) is 11.9. The Morgan fingerprint density at radius 2 is 0.443 bits per heavy atom. The molecule has 13 aromatic carbocycles.